The lowest BCUT2D eigenvalue weighted by atomic mass is 10.1. The van der Waals surface area contributed by atoms with E-state index in [-0.39, 0.29) is 0 Å². The Morgan fingerprint density at radius 3 is 2.67 bits per heavy atom. The lowest BCUT2D eigenvalue weighted by Gasteiger charge is -2.26. The van der Waals surface area contributed by atoms with Crippen LogP contribution in [0.1, 0.15) is 19.4 Å². The number of fused-ring (bicyclic) bond motifs is 1. The maximum absolute atomic E-state index is 4.39. The molecule has 0 saturated heterocycles. The molecule has 0 spiro atoms. The van der Waals surface area contributed by atoms with Crippen molar-refractivity contribution in [1.82, 2.24) is 9.78 Å². The first-order chi connectivity index (χ1) is 10.2. The Balaban J connectivity index is 1.90. The quantitative estimate of drug-likeness (QED) is 0.866. The summed E-state index contributed by atoms with van der Waals surface area (Å²) in [5.41, 5.74) is 3.93. The van der Waals surface area contributed by atoms with Gasteiger partial charge in [-0.3, -0.25) is 4.68 Å². The van der Waals surface area contributed by atoms with Gasteiger partial charge in [0.2, 0.25) is 0 Å². The van der Waals surface area contributed by atoms with Crippen LogP contribution >= 0.6 is 0 Å². The molecule has 21 heavy (non-hydrogen) atoms. The van der Waals surface area contributed by atoms with Crippen molar-refractivity contribution in [3.05, 3.63) is 42.2 Å². The number of aryl methyl sites for hydroxylation is 1. The molecule has 0 unspecified atom stereocenters. The van der Waals surface area contributed by atoms with Crippen molar-refractivity contribution in [2.45, 2.75) is 26.9 Å². The number of anilines is 2. The summed E-state index contributed by atoms with van der Waals surface area (Å²) >= 11 is 0. The van der Waals surface area contributed by atoms with Gasteiger partial charge in [0, 0.05) is 45.0 Å². The molecule has 0 saturated carbocycles. The van der Waals surface area contributed by atoms with Crippen LogP contribution in [-0.2, 0) is 13.1 Å². The van der Waals surface area contributed by atoms with Gasteiger partial charge in [-0.05, 0) is 25.0 Å². The molecule has 0 bridgehead atoms. The first-order valence-electron chi connectivity index (χ1n) is 7.73. The predicted molar refractivity (Wildman–Crippen MR) is 87.8 cm³/mol. The molecule has 1 aromatic carbocycles. The van der Waals surface area contributed by atoms with Crippen LogP contribution in [-0.4, -0.2) is 29.9 Å². The fourth-order valence-corrected chi connectivity index (χ4v) is 3.18. The summed E-state index contributed by atoms with van der Waals surface area (Å²) in [6.45, 7) is 8.48. The van der Waals surface area contributed by atoms with Crippen LogP contribution in [0.25, 0.3) is 0 Å². The van der Waals surface area contributed by atoms with Gasteiger partial charge in [-0.25, -0.2) is 0 Å². The molecule has 1 aromatic heterocycles. The third-order valence-corrected chi connectivity index (χ3v) is 4.14. The van der Waals surface area contributed by atoms with E-state index in [1.807, 2.05) is 10.9 Å². The summed E-state index contributed by atoms with van der Waals surface area (Å²) < 4.78 is 1.99. The van der Waals surface area contributed by atoms with Crippen LogP contribution in [0.5, 0.6) is 0 Å². The van der Waals surface area contributed by atoms with Gasteiger partial charge in [-0.15, -0.1) is 0 Å². The second-order valence-corrected chi connectivity index (χ2v) is 6.06. The van der Waals surface area contributed by atoms with Crippen molar-refractivity contribution < 1.29 is 0 Å². The summed E-state index contributed by atoms with van der Waals surface area (Å²) in [7, 11) is 2.19. The van der Waals surface area contributed by atoms with E-state index in [1.54, 1.807) is 0 Å². The first kappa shape index (κ1) is 14.0. The highest BCUT2D eigenvalue weighted by Gasteiger charge is 2.22. The van der Waals surface area contributed by atoms with E-state index in [1.165, 1.54) is 16.9 Å². The predicted octanol–water partition coefficient (Wildman–Crippen LogP) is 3.00. The number of aromatic nitrogens is 2. The van der Waals surface area contributed by atoms with Gasteiger partial charge >= 0.3 is 0 Å². The van der Waals surface area contributed by atoms with E-state index in [0.29, 0.717) is 5.92 Å². The molecule has 3 rings (SSSR count). The third kappa shape index (κ3) is 2.89. The molecule has 0 aliphatic carbocycles. The zero-order valence-corrected chi connectivity index (χ0v) is 13.2. The van der Waals surface area contributed by atoms with E-state index < -0.39 is 0 Å². The molecule has 0 fully saturated rings. The fourth-order valence-electron chi connectivity index (χ4n) is 3.18. The topological polar surface area (TPSA) is 24.3 Å². The number of hydrogen-bond donors (Lipinski definition) is 0. The number of benzene rings is 1. The van der Waals surface area contributed by atoms with Crippen LogP contribution in [0.15, 0.2) is 36.7 Å². The molecular weight excluding hydrogens is 260 g/mol. The highest BCUT2D eigenvalue weighted by Crippen LogP contribution is 2.33. The van der Waals surface area contributed by atoms with Crippen molar-refractivity contribution in [1.29, 1.82) is 0 Å². The maximum atomic E-state index is 4.39. The minimum Gasteiger partial charge on any atom is -0.373 e. The Morgan fingerprint density at radius 2 is 1.95 bits per heavy atom. The smallest absolute Gasteiger partial charge is 0.0607 e. The normalized spacial score (nSPS) is 18.5. The third-order valence-electron chi connectivity index (χ3n) is 4.14. The fraction of sp³-hybridized carbons (Fsp3) is 0.471. The van der Waals surface area contributed by atoms with E-state index in [9.17, 15) is 0 Å². The molecule has 4 nitrogen and oxygen atoms in total. The van der Waals surface area contributed by atoms with Gasteiger partial charge in [0.25, 0.3) is 0 Å². The summed E-state index contributed by atoms with van der Waals surface area (Å²) in [6.07, 6.45) is 4.15. The molecule has 0 radical (unpaired) electrons. The second kappa shape index (κ2) is 5.80. The largest absolute Gasteiger partial charge is 0.373 e. The molecule has 112 valence electrons. The zero-order chi connectivity index (χ0) is 14.8. The Hall–Kier alpha value is -1.97. The maximum Gasteiger partial charge on any atom is 0.0607 e. The minimum atomic E-state index is 0.642. The van der Waals surface area contributed by atoms with E-state index in [0.717, 1.165) is 26.2 Å². The number of nitrogens with zero attached hydrogens (tertiary/aromatic N) is 4. The number of para-hydroxylation sites is 2. The van der Waals surface area contributed by atoms with Crippen molar-refractivity contribution in [3.8, 4) is 0 Å². The highest BCUT2D eigenvalue weighted by atomic mass is 15.3. The Bertz CT molecular complexity index is 604. The van der Waals surface area contributed by atoms with Gasteiger partial charge in [0.1, 0.15) is 0 Å². The van der Waals surface area contributed by atoms with Crippen LogP contribution in [0.4, 0.5) is 11.4 Å². The van der Waals surface area contributed by atoms with Gasteiger partial charge < -0.3 is 9.80 Å². The monoisotopic (exact) mass is 284 g/mol. The molecule has 1 aliphatic heterocycles. The van der Waals surface area contributed by atoms with Gasteiger partial charge in [0.15, 0.2) is 0 Å². The summed E-state index contributed by atoms with van der Waals surface area (Å²) in [4.78, 5) is 4.86. The molecule has 0 N–H and O–H groups in total. The first-order valence-corrected chi connectivity index (χ1v) is 7.73. The van der Waals surface area contributed by atoms with E-state index in [4.69, 9.17) is 0 Å². The zero-order valence-electron chi connectivity index (χ0n) is 13.2. The van der Waals surface area contributed by atoms with E-state index >= 15 is 0 Å². The lowest BCUT2D eigenvalue weighted by Crippen LogP contribution is -2.29. The Kier molecular flexibility index (Phi) is 3.86. The standard InChI is InChI=1S/C17H24N4/c1-4-21-13-15(9-18-21)12-20-11-14(2)10-19(3)16-7-5-6-8-17(16)20/h5-9,13-14H,4,10-12H2,1-3H3/t14-/m1/s1. The second-order valence-electron chi connectivity index (χ2n) is 6.06. The van der Waals surface area contributed by atoms with Crippen LogP contribution in [0.2, 0.25) is 0 Å². The summed E-state index contributed by atoms with van der Waals surface area (Å²) in [5, 5.41) is 4.39. The highest BCUT2D eigenvalue weighted by molar-refractivity contribution is 5.71. The lowest BCUT2D eigenvalue weighted by molar-refractivity contribution is 0.570. The van der Waals surface area contributed by atoms with Gasteiger partial charge in [0.05, 0.1) is 17.6 Å². The van der Waals surface area contributed by atoms with Crippen molar-refractivity contribution in [3.63, 3.8) is 0 Å². The summed E-state index contributed by atoms with van der Waals surface area (Å²) in [5.74, 6) is 0.642. The Labute approximate surface area is 127 Å². The summed E-state index contributed by atoms with van der Waals surface area (Å²) in [6, 6.07) is 8.70. The van der Waals surface area contributed by atoms with Crippen molar-refractivity contribution in [2.24, 2.45) is 5.92 Å². The van der Waals surface area contributed by atoms with Crippen LogP contribution < -0.4 is 9.80 Å². The van der Waals surface area contributed by atoms with Gasteiger partial charge in [-0.1, -0.05) is 19.1 Å². The number of rotatable bonds is 3. The van der Waals surface area contributed by atoms with Crippen LogP contribution in [0.3, 0.4) is 0 Å². The average Bonchev–Trinajstić information content (AvgIpc) is 2.89. The molecule has 4 heteroatoms. The number of hydrogen-bond acceptors (Lipinski definition) is 3. The van der Waals surface area contributed by atoms with Gasteiger partial charge in [-0.2, -0.15) is 5.10 Å². The van der Waals surface area contributed by atoms with E-state index in [2.05, 4.69) is 66.3 Å². The average molecular weight is 284 g/mol. The van der Waals surface area contributed by atoms with Crippen molar-refractivity contribution in [2.75, 3.05) is 29.9 Å². The molecule has 1 atom stereocenters. The molecule has 2 aromatic rings. The molecule has 0 amide bonds. The molecular formula is C17H24N4. The molecule has 2 heterocycles. The SMILES string of the molecule is CCn1cc(CN2C[C@H](C)CN(C)c3ccccc32)cn1. The molecule has 1 aliphatic rings. The Morgan fingerprint density at radius 1 is 1.19 bits per heavy atom. The van der Waals surface area contributed by atoms with Crippen LogP contribution in [0, 0.1) is 5.92 Å². The van der Waals surface area contributed by atoms with Crippen molar-refractivity contribution >= 4 is 11.4 Å². The minimum absolute atomic E-state index is 0.642.